The molecule has 0 saturated carbocycles. The van der Waals surface area contributed by atoms with Gasteiger partial charge in [0, 0.05) is 17.1 Å². The van der Waals surface area contributed by atoms with Crippen LogP contribution in [0.4, 0.5) is 4.39 Å². The maximum atomic E-state index is 13.9. The SMILES string of the molecule is CCCNCc1cc(-c2cc(C)ccc2F)ccc1Cl. The first kappa shape index (κ1) is 15.0. The minimum absolute atomic E-state index is 0.203. The molecule has 0 aliphatic carbocycles. The summed E-state index contributed by atoms with van der Waals surface area (Å²) in [6.45, 7) is 5.73. The van der Waals surface area contributed by atoms with Gasteiger partial charge in [-0.2, -0.15) is 0 Å². The number of aryl methyl sites for hydroxylation is 1. The molecule has 0 aliphatic rings. The summed E-state index contributed by atoms with van der Waals surface area (Å²) in [5.74, 6) is -0.203. The van der Waals surface area contributed by atoms with Crippen LogP contribution < -0.4 is 5.32 Å². The predicted molar refractivity (Wildman–Crippen MR) is 83.6 cm³/mol. The molecule has 1 N–H and O–H groups in total. The molecule has 0 bridgehead atoms. The fourth-order valence-electron chi connectivity index (χ4n) is 2.14. The minimum Gasteiger partial charge on any atom is -0.313 e. The Morgan fingerprint density at radius 3 is 2.70 bits per heavy atom. The number of rotatable bonds is 5. The summed E-state index contributed by atoms with van der Waals surface area (Å²) in [6.07, 6.45) is 1.07. The fraction of sp³-hybridized carbons (Fsp3) is 0.294. The number of hydrogen-bond acceptors (Lipinski definition) is 1. The van der Waals surface area contributed by atoms with Gasteiger partial charge in [-0.05, 0) is 55.3 Å². The molecule has 0 saturated heterocycles. The van der Waals surface area contributed by atoms with Crippen molar-refractivity contribution in [1.82, 2.24) is 5.32 Å². The number of benzene rings is 2. The Morgan fingerprint density at radius 1 is 1.15 bits per heavy atom. The summed E-state index contributed by atoms with van der Waals surface area (Å²) in [6, 6.07) is 10.8. The van der Waals surface area contributed by atoms with Crippen molar-refractivity contribution >= 4 is 11.6 Å². The topological polar surface area (TPSA) is 12.0 Å². The van der Waals surface area contributed by atoms with Crippen molar-refractivity contribution in [2.45, 2.75) is 26.8 Å². The smallest absolute Gasteiger partial charge is 0.131 e. The third-order valence-electron chi connectivity index (χ3n) is 3.22. The summed E-state index contributed by atoms with van der Waals surface area (Å²) in [7, 11) is 0. The Bertz CT molecular complexity index is 596. The highest BCUT2D eigenvalue weighted by molar-refractivity contribution is 6.31. The van der Waals surface area contributed by atoms with Crippen molar-refractivity contribution < 1.29 is 4.39 Å². The third-order valence-corrected chi connectivity index (χ3v) is 3.59. The van der Waals surface area contributed by atoms with E-state index < -0.39 is 0 Å². The van der Waals surface area contributed by atoms with Crippen LogP contribution in [0, 0.1) is 12.7 Å². The van der Waals surface area contributed by atoms with E-state index in [9.17, 15) is 4.39 Å². The highest BCUT2D eigenvalue weighted by Gasteiger charge is 2.08. The maximum Gasteiger partial charge on any atom is 0.131 e. The molecule has 0 heterocycles. The lowest BCUT2D eigenvalue weighted by atomic mass is 10.0. The summed E-state index contributed by atoms with van der Waals surface area (Å²) >= 11 is 6.20. The van der Waals surface area contributed by atoms with Crippen molar-refractivity contribution in [1.29, 1.82) is 0 Å². The molecule has 2 aromatic carbocycles. The Hall–Kier alpha value is -1.38. The highest BCUT2D eigenvalue weighted by atomic mass is 35.5. The molecule has 20 heavy (non-hydrogen) atoms. The molecule has 0 fully saturated rings. The molecule has 3 heteroatoms. The van der Waals surface area contributed by atoms with Gasteiger partial charge in [-0.15, -0.1) is 0 Å². The van der Waals surface area contributed by atoms with Crippen LogP contribution in [-0.4, -0.2) is 6.54 Å². The highest BCUT2D eigenvalue weighted by Crippen LogP contribution is 2.28. The molecule has 106 valence electrons. The second-order valence-electron chi connectivity index (χ2n) is 4.97. The van der Waals surface area contributed by atoms with E-state index in [0.29, 0.717) is 17.1 Å². The molecule has 2 aromatic rings. The predicted octanol–water partition coefficient (Wildman–Crippen LogP) is 4.95. The van der Waals surface area contributed by atoms with E-state index in [1.807, 2.05) is 31.2 Å². The Morgan fingerprint density at radius 2 is 1.95 bits per heavy atom. The average Bonchev–Trinajstić information content (AvgIpc) is 2.44. The Kier molecular flexibility index (Phi) is 5.16. The standard InChI is InChI=1S/C17H19ClFN/c1-3-8-20-11-14-10-13(5-6-16(14)18)15-9-12(2)4-7-17(15)19/h4-7,9-10,20H,3,8,11H2,1-2H3. The zero-order valence-electron chi connectivity index (χ0n) is 11.8. The van der Waals surface area contributed by atoms with E-state index in [-0.39, 0.29) is 5.82 Å². The molecule has 0 atom stereocenters. The van der Waals surface area contributed by atoms with Gasteiger partial charge in [0.1, 0.15) is 5.82 Å². The van der Waals surface area contributed by atoms with Crippen LogP contribution in [0.3, 0.4) is 0 Å². The molecular formula is C17H19ClFN. The first-order chi connectivity index (χ1) is 9.61. The second kappa shape index (κ2) is 6.87. The molecule has 1 nitrogen and oxygen atoms in total. The van der Waals surface area contributed by atoms with Crippen LogP contribution in [0.15, 0.2) is 36.4 Å². The van der Waals surface area contributed by atoms with Gasteiger partial charge in [-0.1, -0.05) is 36.2 Å². The van der Waals surface area contributed by atoms with Crippen LogP contribution in [0.25, 0.3) is 11.1 Å². The largest absolute Gasteiger partial charge is 0.313 e. The molecule has 0 radical (unpaired) electrons. The van der Waals surface area contributed by atoms with Crippen LogP contribution in [0.5, 0.6) is 0 Å². The van der Waals surface area contributed by atoms with Crippen LogP contribution in [-0.2, 0) is 6.54 Å². The van der Waals surface area contributed by atoms with Crippen molar-refractivity contribution in [3.05, 3.63) is 58.4 Å². The van der Waals surface area contributed by atoms with Gasteiger partial charge in [0.25, 0.3) is 0 Å². The number of hydrogen-bond donors (Lipinski definition) is 1. The van der Waals surface area contributed by atoms with E-state index in [4.69, 9.17) is 11.6 Å². The normalized spacial score (nSPS) is 10.8. The molecule has 0 unspecified atom stereocenters. The number of halogens is 2. The Labute approximate surface area is 124 Å². The third kappa shape index (κ3) is 3.59. The minimum atomic E-state index is -0.203. The quantitative estimate of drug-likeness (QED) is 0.768. The van der Waals surface area contributed by atoms with E-state index in [1.165, 1.54) is 6.07 Å². The van der Waals surface area contributed by atoms with Gasteiger partial charge >= 0.3 is 0 Å². The fourth-order valence-corrected chi connectivity index (χ4v) is 2.32. The Balaban J connectivity index is 2.33. The van der Waals surface area contributed by atoms with E-state index >= 15 is 0 Å². The van der Waals surface area contributed by atoms with Gasteiger partial charge in [0.05, 0.1) is 0 Å². The molecule has 0 amide bonds. The lowest BCUT2D eigenvalue weighted by Gasteiger charge is -2.10. The van der Waals surface area contributed by atoms with Crippen LogP contribution >= 0.6 is 11.6 Å². The van der Waals surface area contributed by atoms with E-state index in [0.717, 1.165) is 29.7 Å². The zero-order chi connectivity index (χ0) is 14.5. The van der Waals surface area contributed by atoms with Gasteiger partial charge in [-0.25, -0.2) is 4.39 Å². The van der Waals surface area contributed by atoms with Crippen molar-refractivity contribution in [2.75, 3.05) is 6.54 Å². The summed E-state index contributed by atoms with van der Waals surface area (Å²) in [4.78, 5) is 0. The average molecular weight is 292 g/mol. The molecule has 2 rings (SSSR count). The molecule has 0 aliphatic heterocycles. The van der Waals surface area contributed by atoms with Gasteiger partial charge in [-0.3, -0.25) is 0 Å². The first-order valence-corrected chi connectivity index (χ1v) is 7.25. The summed E-state index contributed by atoms with van der Waals surface area (Å²) < 4.78 is 13.9. The van der Waals surface area contributed by atoms with Crippen molar-refractivity contribution in [3.63, 3.8) is 0 Å². The first-order valence-electron chi connectivity index (χ1n) is 6.87. The molecule has 0 aromatic heterocycles. The van der Waals surface area contributed by atoms with Gasteiger partial charge < -0.3 is 5.32 Å². The van der Waals surface area contributed by atoms with Crippen molar-refractivity contribution in [2.24, 2.45) is 0 Å². The van der Waals surface area contributed by atoms with Gasteiger partial charge in [0.2, 0.25) is 0 Å². The summed E-state index contributed by atoms with van der Waals surface area (Å²) in [5, 5.41) is 4.03. The maximum absolute atomic E-state index is 13.9. The lowest BCUT2D eigenvalue weighted by Crippen LogP contribution is -2.14. The second-order valence-corrected chi connectivity index (χ2v) is 5.37. The van der Waals surface area contributed by atoms with E-state index in [2.05, 4.69) is 12.2 Å². The zero-order valence-corrected chi connectivity index (χ0v) is 12.6. The van der Waals surface area contributed by atoms with Gasteiger partial charge in [0.15, 0.2) is 0 Å². The lowest BCUT2D eigenvalue weighted by molar-refractivity contribution is 0.631. The van der Waals surface area contributed by atoms with E-state index in [1.54, 1.807) is 6.07 Å². The summed E-state index contributed by atoms with van der Waals surface area (Å²) in [5.41, 5.74) is 3.53. The molecular weight excluding hydrogens is 273 g/mol. The van der Waals surface area contributed by atoms with Crippen molar-refractivity contribution in [3.8, 4) is 11.1 Å². The van der Waals surface area contributed by atoms with Crippen LogP contribution in [0.2, 0.25) is 5.02 Å². The number of nitrogens with one attached hydrogen (secondary N) is 1. The molecule has 0 spiro atoms. The monoisotopic (exact) mass is 291 g/mol. The van der Waals surface area contributed by atoms with Crippen LogP contribution in [0.1, 0.15) is 24.5 Å².